The van der Waals surface area contributed by atoms with Crippen molar-refractivity contribution in [3.05, 3.63) is 21.7 Å². The zero-order valence-corrected chi connectivity index (χ0v) is 22.9. The van der Waals surface area contributed by atoms with Crippen LogP contribution in [0, 0.1) is 24.2 Å². The van der Waals surface area contributed by atoms with Crippen molar-refractivity contribution in [1.82, 2.24) is 10.3 Å². The van der Waals surface area contributed by atoms with Crippen LogP contribution < -0.4 is 5.32 Å². The van der Waals surface area contributed by atoms with E-state index in [1.54, 1.807) is 32.1 Å². The van der Waals surface area contributed by atoms with E-state index in [-0.39, 0.29) is 41.8 Å². The van der Waals surface area contributed by atoms with Crippen LogP contribution in [-0.4, -0.2) is 56.8 Å². The summed E-state index contributed by atoms with van der Waals surface area (Å²) in [6, 6.07) is -0.269. The quantitative estimate of drug-likeness (QED) is 0.522. The maximum Gasteiger partial charge on any atom is 0.223 e. The van der Waals surface area contributed by atoms with Crippen LogP contribution in [0.15, 0.2) is 11.0 Å². The standard InChI is InChI=1S/C27H42N2O5S/c1-15-9-8-10-27(7)22(34-27)12-20(16(2)11-19-14-35-18(4)28-19)29-23(31)13-21(30)26(5,6)25(33)17(3)24(15)32/h11,14-15,17,20-22,24,30,32H,8-10,12-13H2,1-7H3,(H,29,31)/b16-11+/t15-,17+,20-,21-,22-,24?,27+/m0/s1. The Morgan fingerprint density at radius 2 is 1.94 bits per heavy atom. The van der Waals surface area contributed by atoms with Crippen molar-refractivity contribution in [2.45, 2.75) is 111 Å². The van der Waals surface area contributed by atoms with Gasteiger partial charge >= 0.3 is 0 Å². The van der Waals surface area contributed by atoms with E-state index in [2.05, 4.69) is 17.2 Å². The van der Waals surface area contributed by atoms with Gasteiger partial charge in [-0.1, -0.05) is 34.1 Å². The minimum absolute atomic E-state index is 0.0170. The second-order valence-corrected chi connectivity index (χ2v) is 12.5. The van der Waals surface area contributed by atoms with Crippen molar-refractivity contribution < 1.29 is 24.5 Å². The normalized spacial score (nSPS) is 37.5. The van der Waals surface area contributed by atoms with Gasteiger partial charge in [0.2, 0.25) is 5.91 Å². The molecule has 7 atom stereocenters. The number of epoxide rings is 1. The van der Waals surface area contributed by atoms with Crippen molar-refractivity contribution in [2.24, 2.45) is 17.3 Å². The van der Waals surface area contributed by atoms with Crippen LogP contribution in [-0.2, 0) is 14.3 Å². The SMILES string of the molecule is C/C(=C\c1csc(C)n1)[C@@H]1C[C@@H]2O[C@]2(C)CCC[C@H](C)C(O)[C@@H](C)C(=O)C(C)(C)[C@@H](O)CC(=O)N1. The molecule has 3 rings (SSSR count). The molecule has 0 radical (unpaired) electrons. The molecule has 1 aromatic rings. The first kappa shape index (κ1) is 28.0. The van der Waals surface area contributed by atoms with Crippen molar-refractivity contribution in [3.8, 4) is 0 Å². The fraction of sp³-hybridized carbons (Fsp3) is 0.741. The molecular weight excluding hydrogens is 464 g/mol. The molecule has 8 heteroatoms. The number of Topliss-reactive ketones (excluding diaryl/α,β-unsaturated/α-hetero) is 1. The summed E-state index contributed by atoms with van der Waals surface area (Å²) >= 11 is 1.58. The molecule has 1 aromatic heterocycles. The van der Waals surface area contributed by atoms with Crippen LogP contribution >= 0.6 is 11.3 Å². The maximum atomic E-state index is 13.2. The second-order valence-electron chi connectivity index (χ2n) is 11.4. The smallest absolute Gasteiger partial charge is 0.223 e. The first-order valence-electron chi connectivity index (χ1n) is 12.7. The molecule has 3 N–H and O–H groups in total. The average molecular weight is 507 g/mol. The molecular formula is C27H42N2O5S. The van der Waals surface area contributed by atoms with Gasteiger partial charge in [-0.25, -0.2) is 4.98 Å². The molecule has 0 bridgehead atoms. The minimum atomic E-state index is -1.17. The molecule has 196 valence electrons. The number of aliphatic hydroxyl groups excluding tert-OH is 2. The highest BCUT2D eigenvalue weighted by Gasteiger charge is 2.52. The summed E-state index contributed by atoms with van der Waals surface area (Å²) in [5, 5.41) is 27.8. The van der Waals surface area contributed by atoms with Gasteiger partial charge in [0, 0.05) is 17.7 Å². The number of nitrogens with zero attached hydrogens (tertiary/aromatic N) is 1. The first-order valence-corrected chi connectivity index (χ1v) is 13.6. The lowest BCUT2D eigenvalue weighted by atomic mass is 9.72. The molecule has 3 heterocycles. The Labute approximate surface area is 213 Å². The number of ketones is 1. The van der Waals surface area contributed by atoms with Gasteiger partial charge in [0.05, 0.1) is 52.5 Å². The summed E-state index contributed by atoms with van der Waals surface area (Å²) in [6.45, 7) is 13.0. The zero-order valence-electron chi connectivity index (χ0n) is 22.1. The van der Waals surface area contributed by atoms with Crippen molar-refractivity contribution >= 4 is 29.1 Å². The number of fused-ring (bicyclic) bond motifs is 1. The summed E-state index contributed by atoms with van der Waals surface area (Å²) in [6.07, 6.45) is 2.99. The average Bonchev–Trinajstić information content (AvgIpc) is 3.22. The van der Waals surface area contributed by atoms with E-state index in [4.69, 9.17) is 4.74 Å². The number of aryl methyl sites for hydroxylation is 1. The molecule has 1 amide bonds. The van der Waals surface area contributed by atoms with Crippen LogP contribution in [0.4, 0.5) is 0 Å². The number of amides is 1. The lowest BCUT2D eigenvalue weighted by Gasteiger charge is -2.34. The van der Waals surface area contributed by atoms with Gasteiger partial charge in [-0.3, -0.25) is 9.59 Å². The highest BCUT2D eigenvalue weighted by Crippen LogP contribution is 2.44. The molecule has 2 aliphatic rings. The number of nitrogens with one attached hydrogen (secondary N) is 1. The predicted octanol–water partition coefficient (Wildman–Crippen LogP) is 4.05. The van der Waals surface area contributed by atoms with E-state index >= 15 is 0 Å². The van der Waals surface area contributed by atoms with E-state index in [0.717, 1.165) is 35.5 Å². The molecule has 2 fully saturated rings. The Balaban J connectivity index is 1.85. The number of rotatable bonds is 2. The number of thiazole rings is 1. The van der Waals surface area contributed by atoms with Crippen LogP contribution in [0.25, 0.3) is 6.08 Å². The lowest BCUT2D eigenvalue weighted by Crippen LogP contribution is -2.47. The summed E-state index contributed by atoms with van der Waals surface area (Å²) in [7, 11) is 0. The summed E-state index contributed by atoms with van der Waals surface area (Å²) in [5.74, 6) is -1.24. The summed E-state index contributed by atoms with van der Waals surface area (Å²) < 4.78 is 6.10. The second kappa shape index (κ2) is 10.8. The molecule has 2 saturated heterocycles. The largest absolute Gasteiger partial charge is 0.392 e. The van der Waals surface area contributed by atoms with Gasteiger partial charge in [-0.15, -0.1) is 11.3 Å². The van der Waals surface area contributed by atoms with Crippen LogP contribution in [0.1, 0.15) is 84.3 Å². The lowest BCUT2D eigenvalue weighted by molar-refractivity contribution is -0.143. The number of carbonyl (C=O) groups is 2. The van der Waals surface area contributed by atoms with E-state index in [9.17, 15) is 19.8 Å². The monoisotopic (exact) mass is 506 g/mol. The molecule has 35 heavy (non-hydrogen) atoms. The molecule has 0 spiro atoms. The molecule has 0 aromatic carbocycles. The Hall–Kier alpha value is -1.61. The molecule has 0 aliphatic carbocycles. The Morgan fingerprint density at radius 3 is 2.57 bits per heavy atom. The number of ether oxygens (including phenoxy) is 1. The Kier molecular flexibility index (Phi) is 8.62. The van der Waals surface area contributed by atoms with Crippen LogP contribution in [0.3, 0.4) is 0 Å². The maximum absolute atomic E-state index is 13.2. The highest BCUT2D eigenvalue weighted by molar-refractivity contribution is 7.09. The van der Waals surface area contributed by atoms with E-state index < -0.39 is 23.5 Å². The minimum Gasteiger partial charge on any atom is -0.392 e. The van der Waals surface area contributed by atoms with Gasteiger partial charge in [0.15, 0.2) is 0 Å². The third-order valence-electron chi connectivity index (χ3n) is 8.07. The zero-order chi connectivity index (χ0) is 26.1. The van der Waals surface area contributed by atoms with Gasteiger partial charge in [0.1, 0.15) is 5.78 Å². The van der Waals surface area contributed by atoms with Crippen molar-refractivity contribution in [2.75, 3.05) is 0 Å². The van der Waals surface area contributed by atoms with Gasteiger partial charge < -0.3 is 20.3 Å². The third-order valence-corrected chi connectivity index (χ3v) is 8.86. The predicted molar refractivity (Wildman–Crippen MR) is 138 cm³/mol. The molecule has 7 nitrogen and oxygen atoms in total. The Morgan fingerprint density at radius 1 is 1.26 bits per heavy atom. The molecule has 1 unspecified atom stereocenters. The van der Waals surface area contributed by atoms with Gasteiger partial charge in [-0.2, -0.15) is 0 Å². The Bertz CT molecular complexity index is 957. The van der Waals surface area contributed by atoms with Crippen molar-refractivity contribution in [3.63, 3.8) is 0 Å². The van der Waals surface area contributed by atoms with E-state index in [1.165, 1.54) is 0 Å². The number of carbonyl (C=O) groups excluding carboxylic acids is 2. The highest BCUT2D eigenvalue weighted by atomic mass is 32.1. The summed E-state index contributed by atoms with van der Waals surface area (Å²) in [4.78, 5) is 30.8. The topological polar surface area (TPSA) is 112 Å². The molecule has 0 saturated carbocycles. The van der Waals surface area contributed by atoms with E-state index in [0.29, 0.717) is 6.42 Å². The third kappa shape index (κ3) is 6.59. The number of aromatic nitrogens is 1. The van der Waals surface area contributed by atoms with Gasteiger partial charge in [-0.05, 0) is 51.2 Å². The van der Waals surface area contributed by atoms with Crippen LogP contribution in [0.5, 0.6) is 0 Å². The number of aliphatic hydroxyl groups is 2. The summed E-state index contributed by atoms with van der Waals surface area (Å²) in [5.41, 5.74) is 0.410. The molecule has 2 aliphatic heterocycles. The number of hydrogen-bond donors (Lipinski definition) is 3. The van der Waals surface area contributed by atoms with E-state index in [1.807, 2.05) is 32.2 Å². The first-order chi connectivity index (χ1) is 16.2. The van der Waals surface area contributed by atoms with Crippen LogP contribution in [0.2, 0.25) is 0 Å². The fourth-order valence-corrected chi connectivity index (χ4v) is 5.76. The number of hydrogen-bond acceptors (Lipinski definition) is 7. The van der Waals surface area contributed by atoms with Crippen molar-refractivity contribution in [1.29, 1.82) is 0 Å². The van der Waals surface area contributed by atoms with Gasteiger partial charge in [0.25, 0.3) is 0 Å². The fourth-order valence-electron chi connectivity index (χ4n) is 5.19.